The molecule has 4 rings (SSSR count). The molecule has 7 heteroatoms. The first-order chi connectivity index (χ1) is 15.2. The zero-order valence-corrected chi connectivity index (χ0v) is 18.1. The van der Waals surface area contributed by atoms with Gasteiger partial charge in [-0.15, -0.1) is 0 Å². The van der Waals surface area contributed by atoms with Crippen LogP contribution in [0.1, 0.15) is 17.7 Å². The molecule has 1 N–H and O–H groups in total. The van der Waals surface area contributed by atoms with E-state index in [9.17, 15) is 4.79 Å². The summed E-state index contributed by atoms with van der Waals surface area (Å²) in [6, 6.07) is 19.9. The number of aryl methyl sites for hydroxylation is 1. The Balaban J connectivity index is 1.33. The Kier molecular flexibility index (Phi) is 7.19. The fourth-order valence-corrected chi connectivity index (χ4v) is 3.94. The van der Waals surface area contributed by atoms with E-state index in [2.05, 4.69) is 27.3 Å². The lowest BCUT2D eigenvalue weighted by Gasteiger charge is -2.14. The first-order valence-corrected chi connectivity index (χ1v) is 10.9. The molecule has 2 heterocycles. The van der Waals surface area contributed by atoms with Crippen LogP contribution < -0.4 is 10.1 Å². The fraction of sp³-hybridized carbons (Fsp3) is 0.250. The number of rotatable bonds is 9. The normalized spacial score (nSPS) is 14.7. The number of benzene rings is 2. The predicted octanol–water partition coefficient (Wildman–Crippen LogP) is 4.39. The van der Waals surface area contributed by atoms with Gasteiger partial charge in [0.2, 0.25) is 5.91 Å². The van der Waals surface area contributed by atoms with E-state index >= 15 is 0 Å². The van der Waals surface area contributed by atoms with Crippen molar-refractivity contribution in [2.24, 2.45) is 0 Å². The van der Waals surface area contributed by atoms with Gasteiger partial charge in [0, 0.05) is 35.2 Å². The Labute approximate surface area is 186 Å². The van der Waals surface area contributed by atoms with Crippen molar-refractivity contribution >= 4 is 17.9 Å². The molecule has 0 bridgehead atoms. The van der Waals surface area contributed by atoms with E-state index in [1.807, 2.05) is 48.5 Å². The highest BCUT2D eigenvalue weighted by atomic mass is 32.2. The van der Waals surface area contributed by atoms with Crippen molar-refractivity contribution in [3.63, 3.8) is 0 Å². The number of pyridine rings is 1. The van der Waals surface area contributed by atoms with E-state index in [0.29, 0.717) is 19.4 Å². The highest BCUT2D eigenvalue weighted by Crippen LogP contribution is 2.39. The number of hydrogen-bond acceptors (Lipinski definition) is 6. The van der Waals surface area contributed by atoms with Gasteiger partial charge in [0.15, 0.2) is 0 Å². The lowest BCUT2D eigenvalue weighted by atomic mass is 10.0. The van der Waals surface area contributed by atoms with Gasteiger partial charge in [0.05, 0.1) is 25.7 Å². The zero-order valence-electron chi connectivity index (χ0n) is 17.2. The van der Waals surface area contributed by atoms with Crippen molar-refractivity contribution < 1.29 is 18.8 Å². The molecule has 6 nitrogen and oxygen atoms in total. The molecule has 0 fully saturated rings. The SMILES string of the molecule is COOSc1ccc(-c2cccc3c2OC(CNC(=O)CCc2ccccn2)C3)cc1. The molecule has 31 heavy (non-hydrogen) atoms. The minimum absolute atomic E-state index is 0.0109. The second-order valence-electron chi connectivity index (χ2n) is 7.21. The first-order valence-electron chi connectivity index (χ1n) is 10.2. The lowest BCUT2D eigenvalue weighted by molar-refractivity contribution is -0.160. The average molecular weight is 437 g/mol. The van der Waals surface area contributed by atoms with Gasteiger partial charge in [-0.2, -0.15) is 4.33 Å². The number of ether oxygens (including phenoxy) is 1. The van der Waals surface area contributed by atoms with Gasteiger partial charge in [-0.25, -0.2) is 4.89 Å². The van der Waals surface area contributed by atoms with Crippen LogP contribution >= 0.6 is 12.0 Å². The number of fused-ring (bicyclic) bond motifs is 1. The lowest BCUT2D eigenvalue weighted by Crippen LogP contribution is -2.34. The maximum atomic E-state index is 12.2. The van der Waals surface area contributed by atoms with Crippen LogP contribution in [-0.4, -0.2) is 30.6 Å². The summed E-state index contributed by atoms with van der Waals surface area (Å²) in [6.45, 7) is 0.485. The molecule has 160 valence electrons. The number of nitrogens with one attached hydrogen (secondary N) is 1. The highest BCUT2D eigenvalue weighted by Gasteiger charge is 2.26. The maximum absolute atomic E-state index is 12.2. The van der Waals surface area contributed by atoms with Gasteiger partial charge in [0.1, 0.15) is 11.9 Å². The van der Waals surface area contributed by atoms with Crippen LogP contribution in [-0.2, 0) is 26.9 Å². The fourth-order valence-electron chi connectivity index (χ4n) is 3.55. The largest absolute Gasteiger partial charge is 0.487 e. The van der Waals surface area contributed by atoms with Crippen LogP contribution in [0.25, 0.3) is 11.1 Å². The Morgan fingerprint density at radius 2 is 2.03 bits per heavy atom. The van der Waals surface area contributed by atoms with Crippen LogP contribution in [0.15, 0.2) is 71.8 Å². The molecule has 2 aromatic carbocycles. The van der Waals surface area contributed by atoms with Gasteiger partial charge in [-0.05, 0) is 41.8 Å². The van der Waals surface area contributed by atoms with Gasteiger partial charge < -0.3 is 10.1 Å². The summed E-state index contributed by atoms with van der Waals surface area (Å²) < 4.78 is 11.1. The number of carbonyl (C=O) groups excluding carboxylic acids is 1. The molecule has 0 saturated carbocycles. The summed E-state index contributed by atoms with van der Waals surface area (Å²) in [4.78, 5) is 22.1. The van der Waals surface area contributed by atoms with Gasteiger partial charge in [0.25, 0.3) is 0 Å². The summed E-state index contributed by atoms with van der Waals surface area (Å²) in [5, 5.41) is 3.00. The van der Waals surface area contributed by atoms with E-state index in [0.717, 1.165) is 51.5 Å². The Bertz CT molecular complexity index is 1010. The minimum atomic E-state index is -0.0696. The summed E-state index contributed by atoms with van der Waals surface area (Å²) in [5.41, 5.74) is 4.20. The third-order valence-corrected chi connectivity index (χ3v) is 5.72. The Hall–Kier alpha value is -2.87. The zero-order chi connectivity index (χ0) is 21.5. The van der Waals surface area contributed by atoms with E-state index in [1.54, 1.807) is 6.20 Å². The number of hydrogen-bond donors (Lipinski definition) is 1. The van der Waals surface area contributed by atoms with Crippen molar-refractivity contribution in [3.8, 4) is 16.9 Å². The summed E-state index contributed by atoms with van der Waals surface area (Å²) >= 11 is 1.16. The molecule has 0 spiro atoms. The summed E-state index contributed by atoms with van der Waals surface area (Å²) in [7, 11) is 1.48. The van der Waals surface area contributed by atoms with Crippen LogP contribution in [0.3, 0.4) is 0 Å². The monoisotopic (exact) mass is 436 g/mol. The smallest absolute Gasteiger partial charge is 0.220 e. The highest BCUT2D eigenvalue weighted by molar-refractivity contribution is 7.94. The third kappa shape index (κ3) is 5.64. The second kappa shape index (κ2) is 10.4. The molecule has 1 aliphatic heterocycles. The number of aromatic nitrogens is 1. The topological polar surface area (TPSA) is 69.7 Å². The molecule has 0 aliphatic carbocycles. The van der Waals surface area contributed by atoms with Crippen LogP contribution in [0.2, 0.25) is 0 Å². The molecular formula is C24H24N2O4S. The molecule has 1 aliphatic rings. The number of amides is 1. The molecule has 1 aromatic heterocycles. The summed E-state index contributed by atoms with van der Waals surface area (Å²) in [6.07, 6.45) is 3.50. The van der Waals surface area contributed by atoms with Crippen molar-refractivity contribution in [1.29, 1.82) is 0 Å². The standard InChI is InChI=1S/C24H24N2O4S/c1-28-30-31-21-11-8-17(9-12-21)22-7-4-5-18-15-20(29-24(18)22)16-26-23(27)13-10-19-6-2-3-14-25-19/h2-9,11-12,14,20H,10,13,15-16H2,1H3,(H,26,27). The molecule has 0 radical (unpaired) electrons. The Morgan fingerprint density at radius 1 is 1.16 bits per heavy atom. The minimum Gasteiger partial charge on any atom is -0.487 e. The van der Waals surface area contributed by atoms with Crippen molar-refractivity contribution in [2.45, 2.75) is 30.3 Å². The van der Waals surface area contributed by atoms with Crippen molar-refractivity contribution in [3.05, 3.63) is 78.1 Å². The van der Waals surface area contributed by atoms with Crippen LogP contribution in [0.4, 0.5) is 0 Å². The Morgan fingerprint density at radius 3 is 2.81 bits per heavy atom. The first kappa shape index (κ1) is 21.4. The number of carbonyl (C=O) groups is 1. The van der Waals surface area contributed by atoms with Crippen LogP contribution in [0, 0.1) is 0 Å². The molecule has 0 saturated heterocycles. The van der Waals surface area contributed by atoms with Crippen molar-refractivity contribution in [2.75, 3.05) is 13.7 Å². The van der Waals surface area contributed by atoms with Gasteiger partial charge in [-0.3, -0.25) is 9.78 Å². The molecule has 1 unspecified atom stereocenters. The maximum Gasteiger partial charge on any atom is 0.220 e. The van der Waals surface area contributed by atoms with E-state index in [-0.39, 0.29) is 12.0 Å². The quantitative estimate of drug-likeness (QED) is 0.305. The predicted molar refractivity (Wildman–Crippen MR) is 120 cm³/mol. The summed E-state index contributed by atoms with van der Waals surface area (Å²) in [5.74, 6) is 0.903. The van der Waals surface area contributed by atoms with E-state index < -0.39 is 0 Å². The second-order valence-corrected chi connectivity index (χ2v) is 7.98. The average Bonchev–Trinajstić information content (AvgIpc) is 3.24. The van der Waals surface area contributed by atoms with Crippen molar-refractivity contribution in [1.82, 2.24) is 10.3 Å². The molecular weight excluding hydrogens is 412 g/mol. The molecule has 1 amide bonds. The third-order valence-electron chi connectivity index (χ3n) is 5.05. The molecule has 3 aromatic rings. The number of para-hydroxylation sites is 1. The van der Waals surface area contributed by atoms with Gasteiger partial charge >= 0.3 is 0 Å². The van der Waals surface area contributed by atoms with E-state index in [4.69, 9.17) is 9.07 Å². The van der Waals surface area contributed by atoms with Gasteiger partial charge in [-0.1, -0.05) is 36.4 Å². The van der Waals surface area contributed by atoms with E-state index in [1.165, 1.54) is 7.11 Å². The number of nitrogens with zero attached hydrogens (tertiary/aromatic N) is 1. The molecule has 1 atom stereocenters. The van der Waals surface area contributed by atoms with Crippen LogP contribution in [0.5, 0.6) is 5.75 Å².